The van der Waals surface area contributed by atoms with E-state index in [0.717, 1.165) is 3.57 Å². The van der Waals surface area contributed by atoms with Gasteiger partial charge < -0.3 is 9.84 Å². The first kappa shape index (κ1) is 18.4. The number of benzene rings is 1. The van der Waals surface area contributed by atoms with E-state index in [4.69, 9.17) is 15.1 Å². The molecule has 124 valence electrons. The average molecular weight is 440 g/mol. The highest BCUT2D eigenvalue weighted by molar-refractivity contribution is 14.1. The van der Waals surface area contributed by atoms with Gasteiger partial charge in [-0.25, -0.2) is 9.37 Å². The Kier molecular flexibility index (Phi) is 6.78. The van der Waals surface area contributed by atoms with E-state index in [9.17, 15) is 9.18 Å². The third kappa shape index (κ3) is 4.80. The standard InChI is InChI=1S/C17H14FIN2O3/c18-15-8-12(19)2-1-11(15)7-16-14(4-3-13(9-20)21-16)17(23)10-24-6-5-22/h1-4,8,22H,5-7,10H2. The van der Waals surface area contributed by atoms with Crippen LogP contribution in [0.3, 0.4) is 0 Å². The van der Waals surface area contributed by atoms with Gasteiger partial charge in [0, 0.05) is 15.6 Å². The third-order valence-corrected chi connectivity index (χ3v) is 3.90. The SMILES string of the molecule is N#Cc1ccc(C(=O)COCCO)c(Cc2ccc(I)cc2F)n1. The summed E-state index contributed by atoms with van der Waals surface area (Å²) >= 11 is 2.01. The first-order valence-electron chi connectivity index (χ1n) is 7.11. The van der Waals surface area contributed by atoms with Crippen molar-refractivity contribution in [2.24, 2.45) is 0 Å². The van der Waals surface area contributed by atoms with E-state index in [2.05, 4.69) is 4.98 Å². The highest BCUT2D eigenvalue weighted by Crippen LogP contribution is 2.18. The Hall–Kier alpha value is -1.89. The van der Waals surface area contributed by atoms with Gasteiger partial charge in [0.25, 0.3) is 0 Å². The zero-order chi connectivity index (χ0) is 17.5. The molecule has 0 spiro atoms. The summed E-state index contributed by atoms with van der Waals surface area (Å²) in [5, 5.41) is 17.7. The zero-order valence-electron chi connectivity index (χ0n) is 12.6. The number of carbonyl (C=O) groups excluding carboxylic acids is 1. The lowest BCUT2D eigenvalue weighted by molar-refractivity contribution is 0.0662. The molecule has 5 nitrogen and oxygen atoms in total. The molecule has 0 bridgehead atoms. The second-order valence-electron chi connectivity index (χ2n) is 4.91. The topological polar surface area (TPSA) is 83.2 Å². The van der Waals surface area contributed by atoms with Crippen molar-refractivity contribution in [1.29, 1.82) is 5.26 Å². The van der Waals surface area contributed by atoms with Crippen molar-refractivity contribution < 1.29 is 19.0 Å². The lowest BCUT2D eigenvalue weighted by Crippen LogP contribution is -2.15. The summed E-state index contributed by atoms with van der Waals surface area (Å²) in [6, 6.07) is 9.64. The average Bonchev–Trinajstić information content (AvgIpc) is 2.57. The van der Waals surface area contributed by atoms with Gasteiger partial charge in [0.15, 0.2) is 5.78 Å². The van der Waals surface area contributed by atoms with E-state index in [1.165, 1.54) is 18.2 Å². The number of nitrogens with zero attached hydrogens (tertiary/aromatic N) is 2. The van der Waals surface area contributed by atoms with E-state index in [1.54, 1.807) is 12.1 Å². The van der Waals surface area contributed by atoms with Crippen LogP contribution >= 0.6 is 22.6 Å². The van der Waals surface area contributed by atoms with Crippen LogP contribution in [0.5, 0.6) is 0 Å². The zero-order valence-corrected chi connectivity index (χ0v) is 14.8. The number of carbonyl (C=O) groups is 1. The first-order chi connectivity index (χ1) is 11.5. The number of halogens is 2. The number of Topliss-reactive ketones (excluding diaryl/α,β-unsaturated/α-hetero) is 1. The van der Waals surface area contributed by atoms with Gasteiger partial charge in [-0.3, -0.25) is 4.79 Å². The molecule has 1 N–H and O–H groups in total. The summed E-state index contributed by atoms with van der Waals surface area (Å²) in [6.45, 7) is -0.341. The van der Waals surface area contributed by atoms with E-state index in [1.807, 2.05) is 28.7 Å². The molecule has 0 saturated heterocycles. The molecular weight excluding hydrogens is 426 g/mol. The van der Waals surface area contributed by atoms with Crippen molar-refractivity contribution in [2.45, 2.75) is 6.42 Å². The molecule has 0 fully saturated rings. The van der Waals surface area contributed by atoms with E-state index >= 15 is 0 Å². The molecule has 24 heavy (non-hydrogen) atoms. The summed E-state index contributed by atoms with van der Waals surface area (Å²) < 4.78 is 19.9. The smallest absolute Gasteiger partial charge is 0.190 e. The number of rotatable bonds is 7. The molecule has 2 rings (SSSR count). The van der Waals surface area contributed by atoms with Crippen LogP contribution in [0.25, 0.3) is 0 Å². The Morgan fingerprint density at radius 3 is 2.83 bits per heavy atom. The molecule has 0 aliphatic carbocycles. The number of pyridine rings is 1. The predicted molar refractivity (Wildman–Crippen MR) is 93.1 cm³/mol. The number of aromatic nitrogens is 1. The van der Waals surface area contributed by atoms with Crippen LogP contribution in [-0.2, 0) is 11.2 Å². The van der Waals surface area contributed by atoms with Crippen molar-refractivity contribution in [3.8, 4) is 6.07 Å². The third-order valence-electron chi connectivity index (χ3n) is 3.23. The largest absolute Gasteiger partial charge is 0.394 e. The van der Waals surface area contributed by atoms with Crippen molar-refractivity contribution >= 4 is 28.4 Å². The highest BCUT2D eigenvalue weighted by atomic mass is 127. The lowest BCUT2D eigenvalue weighted by Gasteiger charge is -2.10. The quantitative estimate of drug-likeness (QED) is 0.407. The van der Waals surface area contributed by atoms with Gasteiger partial charge in [-0.1, -0.05) is 6.07 Å². The number of aliphatic hydroxyl groups excluding tert-OH is 1. The van der Waals surface area contributed by atoms with Gasteiger partial charge in [-0.15, -0.1) is 0 Å². The van der Waals surface area contributed by atoms with Crippen molar-refractivity contribution in [2.75, 3.05) is 19.8 Å². The molecule has 0 aliphatic heterocycles. The Morgan fingerprint density at radius 1 is 1.38 bits per heavy atom. The predicted octanol–water partition coefficient (Wildman–Crippen LogP) is 2.48. The van der Waals surface area contributed by atoms with Gasteiger partial charge in [-0.2, -0.15) is 5.26 Å². The monoisotopic (exact) mass is 440 g/mol. The minimum atomic E-state index is -0.388. The van der Waals surface area contributed by atoms with Crippen molar-refractivity contribution in [1.82, 2.24) is 4.98 Å². The van der Waals surface area contributed by atoms with Crippen molar-refractivity contribution in [3.63, 3.8) is 0 Å². The van der Waals surface area contributed by atoms with Crippen LogP contribution in [0, 0.1) is 20.7 Å². The lowest BCUT2D eigenvalue weighted by atomic mass is 10.0. The normalized spacial score (nSPS) is 10.4. The fourth-order valence-corrected chi connectivity index (χ4v) is 2.56. The Bertz CT molecular complexity index is 790. The number of aliphatic hydroxyl groups is 1. The first-order valence-corrected chi connectivity index (χ1v) is 8.18. The van der Waals surface area contributed by atoms with Crippen LogP contribution in [0.2, 0.25) is 0 Å². The summed E-state index contributed by atoms with van der Waals surface area (Å²) in [5.41, 5.74) is 1.16. The maximum atomic E-state index is 14.1. The fourth-order valence-electron chi connectivity index (χ4n) is 2.10. The minimum absolute atomic E-state index is 0.0521. The number of nitriles is 1. The molecule has 1 aromatic carbocycles. The molecule has 0 aliphatic rings. The molecule has 0 unspecified atom stereocenters. The molecule has 0 saturated carbocycles. The molecule has 2 aromatic rings. The summed E-state index contributed by atoms with van der Waals surface area (Å²) in [5.74, 6) is -0.720. The van der Waals surface area contributed by atoms with Gasteiger partial charge in [0.2, 0.25) is 0 Å². The Morgan fingerprint density at radius 2 is 2.17 bits per heavy atom. The molecule has 1 heterocycles. The molecule has 0 amide bonds. The van der Waals surface area contributed by atoms with Gasteiger partial charge in [0.1, 0.15) is 24.2 Å². The maximum absolute atomic E-state index is 14.1. The van der Waals surface area contributed by atoms with Gasteiger partial charge in [-0.05, 0) is 52.4 Å². The van der Waals surface area contributed by atoms with Crippen molar-refractivity contribution in [3.05, 3.63) is 62.2 Å². The van der Waals surface area contributed by atoms with E-state index < -0.39 is 0 Å². The second-order valence-corrected chi connectivity index (χ2v) is 6.16. The summed E-state index contributed by atoms with van der Waals surface area (Å²) in [4.78, 5) is 16.4. The Labute approximate surface area is 152 Å². The van der Waals surface area contributed by atoms with Crippen LogP contribution in [-0.4, -0.2) is 35.7 Å². The van der Waals surface area contributed by atoms with Gasteiger partial charge >= 0.3 is 0 Å². The van der Waals surface area contributed by atoms with Crippen LogP contribution in [0.1, 0.15) is 27.3 Å². The summed E-state index contributed by atoms with van der Waals surface area (Å²) in [6.07, 6.45) is 0.0966. The van der Waals surface area contributed by atoms with Crippen LogP contribution < -0.4 is 0 Å². The molecule has 7 heteroatoms. The summed E-state index contributed by atoms with van der Waals surface area (Å²) in [7, 11) is 0. The van der Waals surface area contributed by atoms with Gasteiger partial charge in [0.05, 0.1) is 18.9 Å². The van der Waals surface area contributed by atoms with Crippen LogP contribution in [0.4, 0.5) is 4.39 Å². The number of hydrogen-bond acceptors (Lipinski definition) is 5. The van der Waals surface area contributed by atoms with E-state index in [0.29, 0.717) is 11.3 Å². The molecular formula is C17H14FIN2O3. The highest BCUT2D eigenvalue weighted by Gasteiger charge is 2.16. The number of ether oxygens (including phenoxy) is 1. The van der Waals surface area contributed by atoms with Crippen LogP contribution in [0.15, 0.2) is 30.3 Å². The molecule has 0 radical (unpaired) electrons. The fraction of sp³-hybridized carbons (Fsp3) is 0.235. The second kappa shape index (κ2) is 8.82. The molecule has 1 aromatic heterocycles. The van der Waals surface area contributed by atoms with E-state index in [-0.39, 0.29) is 49.1 Å². The maximum Gasteiger partial charge on any atom is 0.190 e. The number of ketones is 1. The minimum Gasteiger partial charge on any atom is -0.394 e. The number of hydrogen-bond donors (Lipinski definition) is 1. The molecule has 0 atom stereocenters. The Balaban J connectivity index is 2.32.